The topological polar surface area (TPSA) is 92.7 Å². The molecule has 0 spiro atoms. The van der Waals surface area contributed by atoms with Crippen LogP contribution in [-0.2, 0) is 32.6 Å². The van der Waals surface area contributed by atoms with E-state index < -0.39 is 7.82 Å². The van der Waals surface area contributed by atoms with Gasteiger partial charge >= 0.3 is 7.82 Å². The van der Waals surface area contributed by atoms with Crippen LogP contribution in [0.3, 0.4) is 0 Å². The number of hydrogen-bond donors (Lipinski definition) is 1. The molecule has 0 aliphatic carbocycles. The molecule has 0 aliphatic rings. The number of hydrogen-bond acceptors (Lipinski definition) is 7. The SMILES string of the molecule is C.C.C.C.C.C.C.C.CCCCC(CC)COCCOC(C)COP(=O)(O)OCC(C)OCCOCC(CC)CCCC. The van der Waals surface area contributed by atoms with Gasteiger partial charge in [0.25, 0.3) is 0 Å². The van der Waals surface area contributed by atoms with Gasteiger partial charge in [0.05, 0.1) is 51.8 Å². The first-order valence-corrected chi connectivity index (χ1v) is 15.3. The van der Waals surface area contributed by atoms with Crippen LogP contribution in [-0.4, -0.2) is 70.0 Å². The molecule has 0 aromatic carbocycles. The number of rotatable bonds is 26. The molecular weight excluding hydrogens is 567 g/mol. The molecule has 0 rings (SSSR count). The van der Waals surface area contributed by atoms with Crippen molar-refractivity contribution in [1.82, 2.24) is 0 Å². The zero-order chi connectivity index (χ0) is 26.4. The van der Waals surface area contributed by atoms with Gasteiger partial charge in [-0.25, -0.2) is 4.57 Å². The molecule has 9 heteroatoms. The van der Waals surface area contributed by atoms with Gasteiger partial charge in [0.15, 0.2) is 0 Å². The third-order valence-electron chi connectivity index (χ3n) is 6.00. The Bertz CT molecular complexity index is 471. The van der Waals surface area contributed by atoms with Gasteiger partial charge in [-0.2, -0.15) is 0 Å². The smallest absolute Gasteiger partial charge is 0.379 e. The highest BCUT2D eigenvalue weighted by Crippen LogP contribution is 2.43. The molecule has 0 aromatic rings. The van der Waals surface area contributed by atoms with Crippen molar-refractivity contribution in [1.29, 1.82) is 0 Å². The Morgan fingerprint density at radius 3 is 1.16 bits per heavy atom. The van der Waals surface area contributed by atoms with Crippen molar-refractivity contribution in [2.24, 2.45) is 11.8 Å². The summed E-state index contributed by atoms with van der Waals surface area (Å²) in [6, 6.07) is 0. The number of ether oxygens (including phenoxy) is 4. The molecule has 4 unspecified atom stereocenters. The van der Waals surface area contributed by atoms with Gasteiger partial charge in [-0.3, -0.25) is 9.05 Å². The monoisotopic (exact) mass is 655 g/mol. The van der Waals surface area contributed by atoms with E-state index in [0.717, 1.165) is 26.1 Å². The van der Waals surface area contributed by atoms with Gasteiger partial charge in [-0.1, -0.05) is 126 Å². The summed E-state index contributed by atoms with van der Waals surface area (Å²) < 4.78 is 44.9. The van der Waals surface area contributed by atoms with Crippen LogP contribution in [0.1, 0.15) is 152 Å². The summed E-state index contributed by atoms with van der Waals surface area (Å²) in [5, 5.41) is 0. The van der Waals surface area contributed by atoms with Gasteiger partial charge in [-0.15, -0.1) is 0 Å². The van der Waals surface area contributed by atoms with Crippen LogP contribution in [0, 0.1) is 11.8 Å². The first-order chi connectivity index (χ1) is 16.8. The van der Waals surface area contributed by atoms with Gasteiger partial charge in [0, 0.05) is 13.2 Å². The Morgan fingerprint density at radius 2 is 0.884 bits per heavy atom. The summed E-state index contributed by atoms with van der Waals surface area (Å²) in [5.41, 5.74) is 0. The second-order valence-electron chi connectivity index (χ2n) is 9.41. The van der Waals surface area contributed by atoms with E-state index in [2.05, 4.69) is 27.7 Å². The molecule has 1 N–H and O–H groups in total. The van der Waals surface area contributed by atoms with Gasteiger partial charge in [0.1, 0.15) is 0 Å². The highest BCUT2D eigenvalue weighted by molar-refractivity contribution is 7.47. The molecule has 0 saturated heterocycles. The van der Waals surface area contributed by atoms with Crippen LogP contribution < -0.4 is 0 Å². The first-order valence-electron chi connectivity index (χ1n) is 13.8. The van der Waals surface area contributed by atoms with E-state index in [-0.39, 0.29) is 84.8 Å². The third kappa shape index (κ3) is 42.0. The van der Waals surface area contributed by atoms with Crippen LogP contribution in [0.2, 0.25) is 0 Å². The first kappa shape index (κ1) is 65.6. The van der Waals surface area contributed by atoms with Crippen LogP contribution in [0.5, 0.6) is 0 Å². The molecule has 0 saturated carbocycles. The van der Waals surface area contributed by atoms with Crippen molar-refractivity contribution >= 4 is 7.82 Å². The maximum Gasteiger partial charge on any atom is 0.472 e. The predicted octanol–water partition coefficient (Wildman–Crippen LogP) is 11.5. The van der Waals surface area contributed by atoms with Crippen molar-refractivity contribution < 1.29 is 37.5 Å². The molecule has 4 atom stereocenters. The molecule has 0 aliphatic heterocycles. The number of phosphoric acid groups is 1. The molecule has 0 bridgehead atoms. The minimum atomic E-state index is -4.17. The maximum atomic E-state index is 12.1. The van der Waals surface area contributed by atoms with Crippen molar-refractivity contribution in [3.63, 3.8) is 0 Å². The van der Waals surface area contributed by atoms with Crippen molar-refractivity contribution in [2.45, 2.75) is 165 Å². The van der Waals surface area contributed by atoms with Crippen molar-refractivity contribution in [3.05, 3.63) is 0 Å². The molecule has 0 radical (unpaired) electrons. The van der Waals surface area contributed by atoms with E-state index in [9.17, 15) is 9.46 Å². The lowest BCUT2D eigenvalue weighted by Gasteiger charge is -2.19. The summed E-state index contributed by atoms with van der Waals surface area (Å²) in [6.07, 6.45) is 8.80. The van der Waals surface area contributed by atoms with E-state index >= 15 is 0 Å². The quantitative estimate of drug-likeness (QED) is 0.0727. The average molecular weight is 655 g/mol. The minimum absolute atomic E-state index is 0. The fourth-order valence-corrected chi connectivity index (χ4v) is 4.32. The summed E-state index contributed by atoms with van der Waals surface area (Å²) in [6.45, 7) is 15.6. The highest BCUT2D eigenvalue weighted by atomic mass is 31.2. The lowest BCUT2D eigenvalue weighted by molar-refractivity contribution is -0.0288. The molecule has 276 valence electrons. The Balaban J connectivity index is -0.000000206. The summed E-state index contributed by atoms with van der Waals surface area (Å²) >= 11 is 0. The largest absolute Gasteiger partial charge is 0.472 e. The van der Waals surface area contributed by atoms with E-state index in [1.54, 1.807) is 13.8 Å². The second kappa shape index (κ2) is 44.1. The Morgan fingerprint density at radius 1 is 0.558 bits per heavy atom. The van der Waals surface area contributed by atoms with E-state index in [1.807, 2.05) is 0 Å². The van der Waals surface area contributed by atoms with Crippen molar-refractivity contribution in [2.75, 3.05) is 52.9 Å². The fraction of sp³-hybridized carbons (Fsp3) is 1.00. The zero-order valence-corrected chi connectivity index (χ0v) is 24.3. The molecule has 0 aromatic heterocycles. The highest BCUT2D eigenvalue weighted by Gasteiger charge is 2.23. The lowest BCUT2D eigenvalue weighted by atomic mass is 10.0. The van der Waals surface area contributed by atoms with Crippen LogP contribution in [0.15, 0.2) is 0 Å². The van der Waals surface area contributed by atoms with Gasteiger partial charge in [0.2, 0.25) is 0 Å². The van der Waals surface area contributed by atoms with E-state index in [1.165, 1.54) is 38.5 Å². The lowest BCUT2D eigenvalue weighted by Crippen LogP contribution is -2.21. The minimum Gasteiger partial charge on any atom is -0.379 e. The molecule has 0 fully saturated rings. The number of unbranched alkanes of at least 4 members (excludes halogenated alkanes) is 2. The van der Waals surface area contributed by atoms with Crippen LogP contribution in [0.25, 0.3) is 0 Å². The summed E-state index contributed by atoms with van der Waals surface area (Å²) in [4.78, 5) is 9.90. The molecule has 8 nitrogen and oxygen atoms in total. The molecule has 0 heterocycles. The molecule has 43 heavy (non-hydrogen) atoms. The molecule has 0 amide bonds. The Hall–Kier alpha value is -0.0500. The Kier molecular flexibility index (Phi) is 67.2. The van der Waals surface area contributed by atoms with Crippen LogP contribution >= 0.6 is 7.82 Å². The average Bonchev–Trinajstić information content (AvgIpc) is 2.85. The normalized spacial score (nSPS) is 13.9. The second-order valence-corrected chi connectivity index (χ2v) is 10.9. The van der Waals surface area contributed by atoms with E-state index in [0.29, 0.717) is 38.3 Å². The Labute approximate surface area is 274 Å². The fourth-order valence-electron chi connectivity index (χ4n) is 3.44. The van der Waals surface area contributed by atoms with Crippen molar-refractivity contribution in [3.8, 4) is 0 Å². The number of phosphoric ester groups is 1. The summed E-state index contributed by atoms with van der Waals surface area (Å²) in [5.74, 6) is 1.19. The maximum absolute atomic E-state index is 12.1. The van der Waals surface area contributed by atoms with Gasteiger partial charge < -0.3 is 23.8 Å². The zero-order valence-electron chi connectivity index (χ0n) is 23.4. The summed E-state index contributed by atoms with van der Waals surface area (Å²) in [7, 11) is -4.17. The standard InChI is InChI=1S/C26H55O8P.8CH4/c1-7-11-13-25(9-3)21-29-15-17-31-23(5)19-33-35(27,28)34-20-24(6)32-18-16-30-22-26(10-4)14-12-8-2;;;;;;;;/h23-26H,7-22H2,1-6H3,(H,27,28);8*1H4. The van der Waals surface area contributed by atoms with Gasteiger partial charge in [-0.05, 0) is 38.5 Å². The third-order valence-corrected chi connectivity index (χ3v) is 6.95. The molecular formula is C34H87O8P. The predicted molar refractivity (Wildman–Crippen MR) is 195 cm³/mol. The van der Waals surface area contributed by atoms with Crippen LogP contribution in [0.4, 0.5) is 0 Å². The van der Waals surface area contributed by atoms with E-state index in [4.69, 9.17) is 28.0 Å².